The molecule has 0 fully saturated rings. The second kappa shape index (κ2) is 32.7. The minimum atomic E-state index is 0.889. The molecule has 5 nitrogen and oxygen atoms in total. The van der Waals surface area contributed by atoms with Gasteiger partial charge in [0.05, 0.1) is 32.1 Å². The van der Waals surface area contributed by atoms with E-state index < -0.39 is 0 Å². The summed E-state index contributed by atoms with van der Waals surface area (Å²) in [5.74, 6) is 0. The molecule has 0 radical (unpaired) electrons. The molecule has 6 heterocycles. The van der Waals surface area contributed by atoms with Gasteiger partial charge in [-0.05, 0) is 225 Å². The van der Waals surface area contributed by atoms with Crippen LogP contribution in [-0.4, -0.2) is 0 Å². The molecule has 0 N–H and O–H groups in total. The molecule has 658 valence electrons. The molecule has 0 aliphatic rings. The summed E-state index contributed by atoms with van der Waals surface area (Å²) in [6.45, 7) is 0. The first-order chi connectivity index (χ1) is 69.9. The largest absolute Gasteiger partial charge is 0.456 e. The van der Waals surface area contributed by atoms with Gasteiger partial charge in [0.1, 0.15) is 16.7 Å². The number of anilines is 9. The Morgan fingerprint density at radius 1 is 0.149 bits per heavy atom. The van der Waals surface area contributed by atoms with E-state index in [0.717, 1.165) is 89.1 Å². The molecular formula is C132H79N3O2S4. The van der Waals surface area contributed by atoms with Gasteiger partial charge in [-0.25, -0.2) is 0 Å². The zero-order chi connectivity index (χ0) is 92.4. The lowest BCUT2D eigenvalue weighted by molar-refractivity contribution is 0.669. The molecular weight excluding hydrogens is 1790 g/mol. The topological polar surface area (TPSA) is 36.0 Å². The highest BCUT2D eigenvalue weighted by molar-refractivity contribution is 7.28. The van der Waals surface area contributed by atoms with Gasteiger partial charge >= 0.3 is 0 Å². The van der Waals surface area contributed by atoms with Crippen LogP contribution in [0.1, 0.15) is 0 Å². The van der Waals surface area contributed by atoms with Gasteiger partial charge in [0, 0.05) is 132 Å². The van der Waals surface area contributed by atoms with Crippen molar-refractivity contribution in [1.82, 2.24) is 0 Å². The van der Waals surface area contributed by atoms with Gasteiger partial charge in [0.2, 0.25) is 0 Å². The first kappa shape index (κ1) is 80.9. The van der Waals surface area contributed by atoms with Crippen molar-refractivity contribution in [2.45, 2.75) is 0 Å². The van der Waals surface area contributed by atoms with Crippen LogP contribution in [0, 0.1) is 0 Å². The van der Waals surface area contributed by atoms with E-state index in [1.54, 1.807) is 0 Å². The Bertz CT molecular complexity index is 10500. The highest BCUT2D eigenvalue weighted by Crippen LogP contribution is 2.54. The average molecular weight is 1870 g/mol. The number of furan rings is 2. The van der Waals surface area contributed by atoms with Gasteiger partial charge in [-0.2, -0.15) is 0 Å². The predicted octanol–water partition coefficient (Wildman–Crippen LogP) is 40.7. The fourth-order valence-corrected chi connectivity index (χ4v) is 27.1. The molecule has 0 aliphatic heterocycles. The van der Waals surface area contributed by atoms with Crippen LogP contribution >= 0.6 is 45.3 Å². The van der Waals surface area contributed by atoms with E-state index in [0.29, 0.717) is 0 Å². The maximum atomic E-state index is 6.95. The molecule has 141 heavy (non-hydrogen) atoms. The molecule has 0 unspecified atom stereocenters. The van der Waals surface area contributed by atoms with Gasteiger partial charge in [-0.15, -0.1) is 45.3 Å². The monoisotopic (exact) mass is 1870 g/mol. The third-order valence-corrected chi connectivity index (χ3v) is 33.7. The molecule has 31 aromatic rings. The molecule has 0 amide bonds. The SMILES string of the molecule is c1ccc(-c2ccc(-c3ccc(N(c4ccc5oc6ccccc6c5c4)c4cccc5c4sc4c6ccccc6ccc54)cc3)cc2)cc1.c1ccc2c(c1)ccc1c3cccc(N(c4ccc5sc6ccccc6c5c4)c4ccc5ccc6cccc7ccc4c5c67)c3oc21.c1ccc2c(c1)ccc1cc(N(c3ccc4sc5ccccc5c4c3)c3cccc4c3sc3c5ccccc5ccc43)ccc12. The lowest BCUT2D eigenvalue weighted by atomic mass is 9.93. The molecule has 6 aromatic heterocycles. The highest BCUT2D eigenvalue weighted by atomic mass is 32.1. The minimum Gasteiger partial charge on any atom is -0.456 e. The average Bonchev–Trinajstić information content (AvgIpc) is 1.54. The molecule has 0 saturated heterocycles. The Labute approximate surface area is 825 Å². The second-order valence-corrected chi connectivity index (χ2v) is 40.9. The maximum absolute atomic E-state index is 6.95. The Morgan fingerprint density at radius 2 is 0.511 bits per heavy atom. The summed E-state index contributed by atoms with van der Waals surface area (Å²) in [6, 6.07) is 175. The number of rotatable bonds is 11. The minimum absolute atomic E-state index is 0.889. The molecule has 0 aliphatic carbocycles. The number of hydrogen-bond donors (Lipinski definition) is 0. The van der Waals surface area contributed by atoms with Crippen LogP contribution in [0.25, 0.3) is 233 Å². The summed E-state index contributed by atoms with van der Waals surface area (Å²) in [7, 11) is 0. The van der Waals surface area contributed by atoms with Crippen LogP contribution in [0.15, 0.2) is 488 Å². The van der Waals surface area contributed by atoms with Crippen molar-refractivity contribution in [2.75, 3.05) is 14.7 Å². The quantitative estimate of drug-likeness (QED) is 0.121. The van der Waals surface area contributed by atoms with Crippen LogP contribution in [-0.2, 0) is 0 Å². The van der Waals surface area contributed by atoms with E-state index >= 15 is 0 Å². The van der Waals surface area contributed by atoms with Crippen LogP contribution in [0.4, 0.5) is 51.2 Å². The van der Waals surface area contributed by atoms with E-state index in [2.05, 4.69) is 482 Å². The van der Waals surface area contributed by atoms with Crippen molar-refractivity contribution in [1.29, 1.82) is 0 Å². The standard InChI is InChI=1S/C46H29NOS.C44H25NOS.C42H25NS2/c1-2-9-30(10-3-1)31-17-19-32(20-18-31)33-21-24-35(25-22-33)47(36-26-28-44-41(29-36)38-13-6-7-16-43(38)48-44)42-15-8-14-39-40-27-23-34-11-4-5-12-37(34)45(40)49-46(39)42;1-2-10-31-26(7-1)17-21-34-33-12-6-13-38(44(33)46-43(31)34)45(30-20-24-40-36(25-30)32-11-3-4-14-39(32)47-40)37-23-19-29-16-15-27-8-5-9-28-18-22-35(37)42(29)41(27)28;1-3-10-31-26(8-1)16-17-28-24-29(19-22-32(28)31)43(30-20-23-40-37(25-30)34-12-5-6-15-39(34)44-40)38-14-7-13-35-36-21-18-27-9-2-4-11-33(27)41(36)45-42(35)38/h1-29H;1-25H;1-25H. The van der Waals surface area contributed by atoms with Crippen LogP contribution in [0.5, 0.6) is 0 Å². The van der Waals surface area contributed by atoms with Gasteiger partial charge in [-0.3, -0.25) is 0 Å². The van der Waals surface area contributed by atoms with E-state index in [1.165, 1.54) is 195 Å². The third-order valence-electron chi connectivity index (χ3n) is 28.9. The molecule has 25 aromatic carbocycles. The summed E-state index contributed by atoms with van der Waals surface area (Å²) in [4.78, 5) is 7.30. The van der Waals surface area contributed by atoms with E-state index in [9.17, 15) is 0 Å². The third kappa shape index (κ3) is 13.3. The number of nitrogens with zero attached hydrogens (tertiary/aromatic N) is 3. The van der Waals surface area contributed by atoms with Gasteiger partial charge in [-0.1, -0.05) is 352 Å². The predicted molar refractivity (Wildman–Crippen MR) is 612 cm³/mol. The number of hydrogen-bond acceptors (Lipinski definition) is 9. The number of fused-ring (bicyclic) bond motifs is 27. The highest BCUT2D eigenvalue weighted by Gasteiger charge is 2.28. The van der Waals surface area contributed by atoms with E-state index in [4.69, 9.17) is 8.83 Å². The molecule has 0 bridgehead atoms. The zero-order valence-electron chi connectivity index (χ0n) is 75.9. The van der Waals surface area contributed by atoms with Crippen molar-refractivity contribution in [3.63, 3.8) is 0 Å². The first-order valence-electron chi connectivity index (χ1n) is 47.9. The maximum Gasteiger partial charge on any atom is 0.159 e. The summed E-state index contributed by atoms with van der Waals surface area (Å²) in [6.07, 6.45) is 0. The van der Waals surface area contributed by atoms with Gasteiger partial charge in [0.25, 0.3) is 0 Å². The molecule has 31 rings (SSSR count). The lowest BCUT2D eigenvalue weighted by Gasteiger charge is -2.28. The van der Waals surface area contributed by atoms with Crippen molar-refractivity contribution in [3.05, 3.63) is 479 Å². The summed E-state index contributed by atoms with van der Waals surface area (Å²) < 4.78 is 23.7. The fourth-order valence-electron chi connectivity index (χ4n) is 22.2. The van der Waals surface area contributed by atoms with Crippen LogP contribution in [0.3, 0.4) is 0 Å². The number of para-hydroxylation sites is 2. The summed E-state index contributed by atoms with van der Waals surface area (Å²) in [5, 5.41) is 35.1. The molecule has 9 heteroatoms. The van der Waals surface area contributed by atoms with Crippen molar-refractivity contribution >= 4 is 307 Å². The normalized spacial score (nSPS) is 12.0. The summed E-state index contributed by atoms with van der Waals surface area (Å²) in [5.41, 5.74) is 18.6. The van der Waals surface area contributed by atoms with Gasteiger partial charge < -0.3 is 23.5 Å². The Kier molecular flexibility index (Phi) is 18.8. The van der Waals surface area contributed by atoms with Crippen LogP contribution < -0.4 is 14.7 Å². The van der Waals surface area contributed by atoms with Crippen molar-refractivity contribution in [3.8, 4) is 22.3 Å². The van der Waals surface area contributed by atoms with Crippen molar-refractivity contribution in [2.24, 2.45) is 0 Å². The number of benzene rings is 25. The van der Waals surface area contributed by atoms with E-state index in [1.807, 2.05) is 57.5 Å². The first-order valence-corrected chi connectivity index (χ1v) is 51.1. The van der Waals surface area contributed by atoms with Gasteiger partial charge in [0.15, 0.2) is 5.58 Å². The molecule has 0 atom stereocenters. The van der Waals surface area contributed by atoms with E-state index in [-0.39, 0.29) is 0 Å². The smallest absolute Gasteiger partial charge is 0.159 e. The molecule has 0 saturated carbocycles. The fraction of sp³-hybridized carbons (Fsp3) is 0. The lowest BCUT2D eigenvalue weighted by Crippen LogP contribution is -2.11. The van der Waals surface area contributed by atoms with Crippen LogP contribution in [0.2, 0.25) is 0 Å². The Hall–Kier alpha value is -17.3. The second-order valence-electron chi connectivity index (χ2n) is 36.7. The van der Waals surface area contributed by atoms with Crippen molar-refractivity contribution < 1.29 is 8.83 Å². The Morgan fingerprint density at radius 3 is 1.14 bits per heavy atom. The number of thiophene rings is 4. The Balaban J connectivity index is 0.000000101. The molecule has 0 spiro atoms. The zero-order valence-corrected chi connectivity index (χ0v) is 79.2. The summed E-state index contributed by atoms with van der Waals surface area (Å²) >= 11 is 7.51.